The lowest BCUT2D eigenvalue weighted by Gasteiger charge is -2.39. The quantitative estimate of drug-likeness (QED) is 0.731. The number of aromatic nitrogens is 4. The molecule has 0 spiro atoms. The Hall–Kier alpha value is -3.49. The Labute approximate surface area is 159 Å². The van der Waals surface area contributed by atoms with Gasteiger partial charge in [0.1, 0.15) is 0 Å². The number of benzene rings is 1. The van der Waals surface area contributed by atoms with Crippen molar-refractivity contribution in [3.05, 3.63) is 52.7 Å². The number of carbonyl (C=O) groups excluding carboxylic acids is 2. The van der Waals surface area contributed by atoms with Gasteiger partial charge in [0.15, 0.2) is 5.69 Å². The van der Waals surface area contributed by atoms with Crippen molar-refractivity contribution in [3.8, 4) is 0 Å². The summed E-state index contributed by atoms with van der Waals surface area (Å²) in [6.45, 7) is 1.73. The number of likely N-dealkylation sites (tertiary alicyclic amines) is 1. The number of fused-ring (bicyclic) bond motifs is 1. The van der Waals surface area contributed by atoms with E-state index in [4.69, 9.17) is 0 Å². The average molecular weight is 378 g/mol. The largest absolute Gasteiger partial charge is 0.333 e. The third-order valence-electron chi connectivity index (χ3n) is 5.40. The number of nitrogens with zero attached hydrogens (tertiary/aromatic N) is 5. The lowest BCUT2D eigenvalue weighted by molar-refractivity contribution is -0.117. The molecular weight excluding hydrogens is 360 g/mol. The Morgan fingerprint density at radius 3 is 2.68 bits per heavy atom. The number of H-pyrrole nitrogens is 1. The number of hydrogen-bond acceptors (Lipinski definition) is 5. The first kappa shape index (κ1) is 16.7. The van der Waals surface area contributed by atoms with Gasteiger partial charge in [0, 0.05) is 37.6 Å². The van der Waals surface area contributed by atoms with Gasteiger partial charge in [0.2, 0.25) is 5.91 Å². The highest BCUT2D eigenvalue weighted by molar-refractivity contribution is 6.05. The summed E-state index contributed by atoms with van der Waals surface area (Å²) in [4.78, 5) is 40.0. The smallest absolute Gasteiger partial charge is 0.275 e. The number of rotatable bonds is 3. The van der Waals surface area contributed by atoms with Crippen LogP contribution in [-0.2, 0) is 4.79 Å². The molecule has 3 aromatic rings. The first-order chi connectivity index (χ1) is 13.6. The summed E-state index contributed by atoms with van der Waals surface area (Å²) in [6.07, 6.45) is 5.01. The highest BCUT2D eigenvalue weighted by atomic mass is 16.2. The molecule has 2 aliphatic rings. The van der Waals surface area contributed by atoms with Crippen molar-refractivity contribution >= 4 is 28.3 Å². The summed E-state index contributed by atoms with van der Waals surface area (Å²) < 4.78 is 1.81. The molecule has 0 atom stereocenters. The minimum Gasteiger partial charge on any atom is -0.333 e. The molecule has 0 aliphatic carbocycles. The molecule has 0 bridgehead atoms. The van der Waals surface area contributed by atoms with Gasteiger partial charge >= 0.3 is 0 Å². The molecule has 1 aromatic carbocycles. The SMILES string of the molecule is O=C(c1n[nH]c(=O)c2ccccc12)N1CC(n2cc(N3CCCC3=O)cn2)C1. The zero-order valence-electron chi connectivity index (χ0n) is 15.0. The molecule has 0 radical (unpaired) electrons. The Morgan fingerprint density at radius 2 is 1.93 bits per heavy atom. The van der Waals surface area contributed by atoms with E-state index in [2.05, 4.69) is 15.3 Å². The Morgan fingerprint density at radius 1 is 1.14 bits per heavy atom. The van der Waals surface area contributed by atoms with E-state index in [1.165, 1.54) is 0 Å². The van der Waals surface area contributed by atoms with E-state index < -0.39 is 0 Å². The molecule has 2 aliphatic heterocycles. The molecular formula is C19H18N6O3. The highest BCUT2D eigenvalue weighted by Crippen LogP contribution is 2.27. The molecule has 2 fully saturated rings. The fourth-order valence-electron chi connectivity index (χ4n) is 3.80. The molecule has 9 heteroatoms. The minimum atomic E-state index is -0.311. The van der Waals surface area contributed by atoms with E-state index in [-0.39, 0.29) is 29.1 Å². The standard InChI is InChI=1S/C19H18N6O3/c26-16-6-3-7-24(16)12-8-20-25(11-12)13-9-23(10-13)19(28)17-14-4-1-2-5-15(14)18(27)22-21-17/h1-2,4-5,8,11,13H,3,6-7,9-10H2,(H,22,27). The van der Waals surface area contributed by atoms with Crippen LogP contribution in [0, 0.1) is 0 Å². The third kappa shape index (κ3) is 2.58. The van der Waals surface area contributed by atoms with Gasteiger partial charge in [-0.25, -0.2) is 5.10 Å². The van der Waals surface area contributed by atoms with Gasteiger partial charge in [-0.15, -0.1) is 0 Å². The van der Waals surface area contributed by atoms with E-state index in [0.29, 0.717) is 30.3 Å². The minimum absolute atomic E-state index is 0.0597. The molecule has 2 amide bonds. The molecule has 1 N–H and O–H groups in total. The van der Waals surface area contributed by atoms with Crippen LogP contribution in [0.1, 0.15) is 29.4 Å². The van der Waals surface area contributed by atoms with Gasteiger partial charge in [-0.3, -0.25) is 19.1 Å². The zero-order valence-corrected chi connectivity index (χ0v) is 15.0. The Bertz CT molecular complexity index is 1140. The van der Waals surface area contributed by atoms with Crippen LogP contribution < -0.4 is 10.5 Å². The highest BCUT2D eigenvalue weighted by Gasteiger charge is 2.35. The first-order valence-corrected chi connectivity index (χ1v) is 9.23. The summed E-state index contributed by atoms with van der Waals surface area (Å²) in [5.74, 6) is -0.0909. The molecule has 5 rings (SSSR count). The van der Waals surface area contributed by atoms with Gasteiger partial charge in [-0.1, -0.05) is 18.2 Å². The van der Waals surface area contributed by atoms with Gasteiger partial charge in [0.25, 0.3) is 11.5 Å². The van der Waals surface area contributed by atoms with Crippen molar-refractivity contribution in [1.29, 1.82) is 0 Å². The molecule has 0 saturated carbocycles. The van der Waals surface area contributed by atoms with Gasteiger partial charge in [-0.05, 0) is 12.5 Å². The predicted octanol–water partition coefficient (Wildman–Crippen LogP) is 0.944. The predicted molar refractivity (Wildman–Crippen MR) is 101 cm³/mol. The topological polar surface area (TPSA) is 104 Å². The third-order valence-corrected chi connectivity index (χ3v) is 5.40. The molecule has 2 aromatic heterocycles. The second-order valence-electron chi connectivity index (χ2n) is 7.14. The lowest BCUT2D eigenvalue weighted by Crippen LogP contribution is -2.51. The number of carbonyl (C=O) groups is 2. The van der Waals surface area contributed by atoms with E-state index in [1.54, 1.807) is 40.3 Å². The maximum Gasteiger partial charge on any atom is 0.275 e. The summed E-state index contributed by atoms with van der Waals surface area (Å²) in [5, 5.41) is 11.7. The van der Waals surface area contributed by atoms with Crippen LogP contribution >= 0.6 is 0 Å². The molecule has 9 nitrogen and oxygen atoms in total. The van der Waals surface area contributed by atoms with Crippen molar-refractivity contribution in [2.75, 3.05) is 24.5 Å². The first-order valence-electron chi connectivity index (χ1n) is 9.23. The van der Waals surface area contributed by atoms with Gasteiger partial charge in [0.05, 0.1) is 23.3 Å². The van der Waals surface area contributed by atoms with Crippen molar-refractivity contribution in [1.82, 2.24) is 24.9 Å². The van der Waals surface area contributed by atoms with Crippen LogP contribution in [0.15, 0.2) is 41.5 Å². The Balaban J connectivity index is 1.32. The van der Waals surface area contributed by atoms with Gasteiger partial charge in [-0.2, -0.15) is 10.2 Å². The second-order valence-corrected chi connectivity index (χ2v) is 7.14. The van der Waals surface area contributed by atoms with Crippen LogP contribution in [-0.4, -0.2) is 56.3 Å². The van der Waals surface area contributed by atoms with Crippen LogP contribution in [0.5, 0.6) is 0 Å². The van der Waals surface area contributed by atoms with Crippen molar-refractivity contribution in [2.45, 2.75) is 18.9 Å². The Kier molecular flexibility index (Phi) is 3.75. The maximum atomic E-state index is 12.8. The molecule has 142 valence electrons. The fourth-order valence-corrected chi connectivity index (χ4v) is 3.80. The fraction of sp³-hybridized carbons (Fsp3) is 0.316. The van der Waals surface area contributed by atoms with E-state index in [1.807, 2.05) is 10.9 Å². The summed E-state index contributed by atoms with van der Waals surface area (Å²) in [5.41, 5.74) is 0.743. The number of aromatic amines is 1. The van der Waals surface area contributed by atoms with Crippen LogP contribution in [0.3, 0.4) is 0 Å². The van der Waals surface area contributed by atoms with Crippen LogP contribution in [0.4, 0.5) is 5.69 Å². The molecule has 28 heavy (non-hydrogen) atoms. The maximum absolute atomic E-state index is 12.8. The zero-order chi connectivity index (χ0) is 19.3. The summed E-state index contributed by atoms with van der Waals surface area (Å²) in [7, 11) is 0. The van der Waals surface area contributed by atoms with E-state index >= 15 is 0 Å². The number of amides is 2. The van der Waals surface area contributed by atoms with Crippen molar-refractivity contribution < 1.29 is 9.59 Å². The normalized spacial score (nSPS) is 17.4. The number of anilines is 1. The summed E-state index contributed by atoms with van der Waals surface area (Å²) in [6, 6.07) is 7.01. The molecule has 2 saturated heterocycles. The number of hydrogen-bond donors (Lipinski definition) is 1. The lowest BCUT2D eigenvalue weighted by atomic mass is 10.1. The number of nitrogens with one attached hydrogen (secondary N) is 1. The van der Waals surface area contributed by atoms with E-state index in [9.17, 15) is 14.4 Å². The molecule has 4 heterocycles. The van der Waals surface area contributed by atoms with Crippen molar-refractivity contribution in [3.63, 3.8) is 0 Å². The van der Waals surface area contributed by atoms with E-state index in [0.717, 1.165) is 18.7 Å². The molecule has 0 unspecified atom stereocenters. The average Bonchev–Trinajstić information content (AvgIpc) is 3.30. The van der Waals surface area contributed by atoms with Crippen LogP contribution in [0.2, 0.25) is 0 Å². The van der Waals surface area contributed by atoms with Crippen LogP contribution in [0.25, 0.3) is 10.8 Å². The summed E-state index contributed by atoms with van der Waals surface area (Å²) >= 11 is 0. The van der Waals surface area contributed by atoms with Crippen molar-refractivity contribution in [2.24, 2.45) is 0 Å². The monoisotopic (exact) mass is 378 g/mol. The van der Waals surface area contributed by atoms with Gasteiger partial charge < -0.3 is 9.80 Å². The second kappa shape index (κ2) is 6.29.